The molecule has 0 bridgehead atoms. The van der Waals surface area contributed by atoms with Gasteiger partial charge in [-0.15, -0.1) is 11.3 Å². The molecule has 0 amide bonds. The fourth-order valence-corrected chi connectivity index (χ4v) is 3.14. The van der Waals surface area contributed by atoms with Crippen LogP contribution in [0.1, 0.15) is 16.0 Å². The first kappa shape index (κ1) is 12.0. The molecule has 3 aromatic heterocycles. The van der Waals surface area contributed by atoms with Crippen molar-refractivity contribution in [3.8, 4) is 11.4 Å². The predicted octanol–water partition coefficient (Wildman–Crippen LogP) is 3.26. The number of hydrogen-bond acceptors (Lipinski definition) is 5. The molecule has 0 spiro atoms. The zero-order chi connectivity index (χ0) is 13.6. The molecule has 0 unspecified atom stereocenters. The van der Waals surface area contributed by atoms with Crippen molar-refractivity contribution in [3.05, 3.63) is 34.5 Å². The number of anilines is 1. The van der Waals surface area contributed by atoms with Gasteiger partial charge >= 0.3 is 0 Å². The number of hydrogen-bond donors (Lipinski definition) is 1. The Bertz CT molecular complexity index is 776. The van der Waals surface area contributed by atoms with Crippen molar-refractivity contribution >= 4 is 27.4 Å². The molecule has 3 rings (SSSR count). The fraction of sp³-hybridized carbons (Fsp3) is 0.214. The van der Waals surface area contributed by atoms with Crippen molar-refractivity contribution in [2.24, 2.45) is 0 Å². The van der Waals surface area contributed by atoms with E-state index in [-0.39, 0.29) is 0 Å². The maximum absolute atomic E-state index is 6.09. The van der Waals surface area contributed by atoms with Gasteiger partial charge in [0.25, 0.3) is 0 Å². The van der Waals surface area contributed by atoms with Crippen molar-refractivity contribution in [2.45, 2.75) is 20.8 Å². The maximum Gasteiger partial charge on any atom is 0.164 e. The highest BCUT2D eigenvalue weighted by Crippen LogP contribution is 2.33. The van der Waals surface area contributed by atoms with Crippen LogP contribution in [0.15, 0.2) is 18.5 Å². The average Bonchev–Trinajstić information content (AvgIpc) is 2.66. The summed E-state index contributed by atoms with van der Waals surface area (Å²) < 4.78 is 0. The van der Waals surface area contributed by atoms with Crippen LogP contribution in [0, 0.1) is 20.8 Å². The summed E-state index contributed by atoms with van der Waals surface area (Å²) in [4.78, 5) is 15.4. The van der Waals surface area contributed by atoms with Crippen LogP contribution in [0.25, 0.3) is 21.6 Å². The van der Waals surface area contributed by atoms with Gasteiger partial charge in [-0.1, -0.05) is 0 Å². The average molecular weight is 270 g/mol. The number of aromatic nitrogens is 3. The smallest absolute Gasteiger partial charge is 0.164 e. The number of nitrogens with zero attached hydrogens (tertiary/aromatic N) is 3. The van der Waals surface area contributed by atoms with Gasteiger partial charge in [0.1, 0.15) is 10.6 Å². The normalized spacial score (nSPS) is 11.1. The fourth-order valence-electron chi connectivity index (χ4n) is 2.10. The van der Waals surface area contributed by atoms with Crippen LogP contribution < -0.4 is 5.73 Å². The molecule has 5 heteroatoms. The van der Waals surface area contributed by atoms with Gasteiger partial charge in [0.15, 0.2) is 5.82 Å². The van der Waals surface area contributed by atoms with Gasteiger partial charge in [-0.05, 0) is 38.0 Å². The summed E-state index contributed by atoms with van der Waals surface area (Å²) in [5.74, 6) is 1.20. The second kappa shape index (κ2) is 4.28. The molecule has 96 valence electrons. The molecule has 0 aromatic carbocycles. The third-order valence-electron chi connectivity index (χ3n) is 3.34. The van der Waals surface area contributed by atoms with Crippen molar-refractivity contribution in [1.29, 1.82) is 0 Å². The lowest BCUT2D eigenvalue weighted by atomic mass is 10.1. The minimum Gasteiger partial charge on any atom is -0.383 e. The lowest BCUT2D eigenvalue weighted by Gasteiger charge is -2.05. The Morgan fingerprint density at radius 1 is 1.16 bits per heavy atom. The van der Waals surface area contributed by atoms with Crippen molar-refractivity contribution in [2.75, 3.05) is 5.73 Å². The highest BCUT2D eigenvalue weighted by Gasteiger charge is 2.14. The Hall–Kier alpha value is -2.01. The predicted molar refractivity (Wildman–Crippen MR) is 79.3 cm³/mol. The van der Waals surface area contributed by atoms with Crippen LogP contribution in [-0.4, -0.2) is 15.0 Å². The van der Waals surface area contributed by atoms with Crippen LogP contribution in [0.2, 0.25) is 0 Å². The minimum absolute atomic E-state index is 0.546. The van der Waals surface area contributed by atoms with Crippen LogP contribution in [0.5, 0.6) is 0 Å². The second-order valence-corrected chi connectivity index (χ2v) is 5.79. The molecule has 19 heavy (non-hydrogen) atoms. The first-order valence-corrected chi connectivity index (χ1v) is 6.83. The molecule has 3 aromatic rings. The number of aryl methyl sites for hydroxylation is 3. The number of rotatable bonds is 1. The van der Waals surface area contributed by atoms with Crippen molar-refractivity contribution < 1.29 is 0 Å². The molecule has 4 nitrogen and oxygen atoms in total. The van der Waals surface area contributed by atoms with E-state index in [9.17, 15) is 0 Å². The highest BCUT2D eigenvalue weighted by molar-refractivity contribution is 7.18. The van der Waals surface area contributed by atoms with Crippen molar-refractivity contribution in [1.82, 2.24) is 15.0 Å². The van der Waals surface area contributed by atoms with E-state index in [4.69, 9.17) is 5.73 Å². The van der Waals surface area contributed by atoms with Crippen LogP contribution in [0.3, 0.4) is 0 Å². The van der Waals surface area contributed by atoms with E-state index in [1.807, 2.05) is 13.0 Å². The van der Waals surface area contributed by atoms with Crippen LogP contribution in [0.4, 0.5) is 5.82 Å². The van der Waals surface area contributed by atoms with E-state index >= 15 is 0 Å². The molecule has 3 heterocycles. The summed E-state index contributed by atoms with van der Waals surface area (Å²) in [6.07, 6.45) is 3.55. The molecule has 0 saturated carbocycles. The Morgan fingerprint density at radius 2 is 1.95 bits per heavy atom. The molecular weight excluding hydrogens is 256 g/mol. The summed E-state index contributed by atoms with van der Waals surface area (Å²) >= 11 is 1.66. The first-order chi connectivity index (χ1) is 9.08. The number of pyridine rings is 1. The largest absolute Gasteiger partial charge is 0.383 e. The summed E-state index contributed by atoms with van der Waals surface area (Å²) in [6.45, 7) is 6.16. The standard InChI is InChI=1S/C14H14N4S/c1-7-4-5-16-6-10(7)13-17-12(15)11-8(2)9(3)19-14(11)18-13/h4-6H,1-3H3,(H2,15,17,18). The Morgan fingerprint density at radius 3 is 2.68 bits per heavy atom. The second-order valence-electron chi connectivity index (χ2n) is 4.59. The lowest BCUT2D eigenvalue weighted by Crippen LogP contribution is -1.98. The topological polar surface area (TPSA) is 64.7 Å². The van der Waals surface area contributed by atoms with Gasteiger partial charge in [0, 0.05) is 22.8 Å². The molecule has 0 aliphatic rings. The summed E-state index contributed by atoms with van der Waals surface area (Å²) in [7, 11) is 0. The highest BCUT2D eigenvalue weighted by atomic mass is 32.1. The molecule has 0 fully saturated rings. The maximum atomic E-state index is 6.09. The Balaban J connectivity index is 2.30. The van der Waals surface area contributed by atoms with E-state index < -0.39 is 0 Å². The van der Waals surface area contributed by atoms with Gasteiger partial charge in [-0.25, -0.2) is 9.97 Å². The summed E-state index contributed by atoms with van der Waals surface area (Å²) in [5, 5.41) is 0.979. The molecule has 0 atom stereocenters. The van der Waals surface area contributed by atoms with Gasteiger partial charge in [0.05, 0.1) is 5.39 Å². The lowest BCUT2D eigenvalue weighted by molar-refractivity contribution is 1.20. The zero-order valence-electron chi connectivity index (χ0n) is 11.1. The van der Waals surface area contributed by atoms with Gasteiger partial charge in [-0.3, -0.25) is 4.98 Å². The molecular formula is C14H14N4S. The molecule has 0 saturated heterocycles. The van der Waals surface area contributed by atoms with E-state index in [2.05, 4.69) is 28.8 Å². The van der Waals surface area contributed by atoms with E-state index in [1.165, 1.54) is 10.4 Å². The van der Waals surface area contributed by atoms with Gasteiger partial charge < -0.3 is 5.73 Å². The van der Waals surface area contributed by atoms with Crippen LogP contribution >= 0.6 is 11.3 Å². The molecule has 0 aliphatic carbocycles. The van der Waals surface area contributed by atoms with Crippen LogP contribution in [-0.2, 0) is 0 Å². The molecule has 2 N–H and O–H groups in total. The number of nitrogens with two attached hydrogens (primary N) is 1. The number of thiophene rings is 1. The zero-order valence-corrected chi connectivity index (χ0v) is 11.9. The molecule has 0 aliphatic heterocycles. The Kier molecular flexibility index (Phi) is 2.71. The summed E-state index contributed by atoms with van der Waals surface area (Å²) in [5.41, 5.74) is 9.29. The van der Waals surface area contributed by atoms with E-state index in [1.54, 1.807) is 23.7 Å². The SMILES string of the molecule is Cc1ccncc1-c1nc(N)c2c(C)c(C)sc2n1. The number of fused-ring (bicyclic) bond motifs is 1. The third-order valence-corrected chi connectivity index (χ3v) is 4.44. The first-order valence-electron chi connectivity index (χ1n) is 6.02. The van der Waals surface area contributed by atoms with E-state index in [0.29, 0.717) is 11.6 Å². The minimum atomic E-state index is 0.546. The molecule has 0 radical (unpaired) electrons. The third kappa shape index (κ3) is 1.86. The Labute approximate surface area is 115 Å². The van der Waals surface area contributed by atoms with Crippen molar-refractivity contribution in [3.63, 3.8) is 0 Å². The monoisotopic (exact) mass is 270 g/mol. The quantitative estimate of drug-likeness (QED) is 0.737. The summed E-state index contributed by atoms with van der Waals surface area (Å²) in [6, 6.07) is 1.95. The van der Waals surface area contributed by atoms with Gasteiger partial charge in [0.2, 0.25) is 0 Å². The van der Waals surface area contributed by atoms with E-state index in [0.717, 1.165) is 21.3 Å². The number of nitrogen functional groups attached to an aromatic ring is 1. The van der Waals surface area contributed by atoms with Gasteiger partial charge in [-0.2, -0.15) is 0 Å².